The third-order valence-electron chi connectivity index (χ3n) is 4.79. The lowest BCUT2D eigenvalue weighted by Gasteiger charge is -2.42. The molecule has 0 bridgehead atoms. The summed E-state index contributed by atoms with van der Waals surface area (Å²) >= 11 is 0. The summed E-state index contributed by atoms with van der Waals surface area (Å²) in [5.41, 5.74) is 2.55. The summed E-state index contributed by atoms with van der Waals surface area (Å²) in [4.78, 5) is 4.68. The van der Waals surface area contributed by atoms with Gasteiger partial charge in [-0.25, -0.2) is 0 Å². The number of nitrogens with one attached hydrogen (secondary N) is 1. The van der Waals surface area contributed by atoms with Crippen molar-refractivity contribution < 1.29 is 4.74 Å². The maximum Gasteiger partial charge on any atom is 0.0810 e. The number of nitrogens with zero attached hydrogens (tertiary/aromatic N) is 1. The van der Waals surface area contributed by atoms with Gasteiger partial charge < -0.3 is 10.1 Å². The molecule has 0 amide bonds. The molecule has 3 unspecified atom stereocenters. The Bertz CT molecular complexity index is 435. The monoisotopic (exact) mass is 276 g/mol. The molecule has 3 heteroatoms. The fourth-order valence-electron chi connectivity index (χ4n) is 3.64. The van der Waals surface area contributed by atoms with Gasteiger partial charge in [0.2, 0.25) is 0 Å². The summed E-state index contributed by atoms with van der Waals surface area (Å²) in [5.74, 6) is 0.446. The lowest BCUT2D eigenvalue weighted by molar-refractivity contribution is -0.0613. The summed E-state index contributed by atoms with van der Waals surface area (Å²) in [7, 11) is 2.05. The number of hydrogen-bond donors (Lipinski definition) is 1. The van der Waals surface area contributed by atoms with Crippen LogP contribution in [0.25, 0.3) is 0 Å². The van der Waals surface area contributed by atoms with Gasteiger partial charge in [-0.15, -0.1) is 0 Å². The molecule has 1 aliphatic rings. The van der Waals surface area contributed by atoms with E-state index in [1.165, 1.54) is 24.1 Å². The Morgan fingerprint density at radius 1 is 1.50 bits per heavy atom. The van der Waals surface area contributed by atoms with E-state index in [9.17, 15) is 0 Å². The zero-order valence-electron chi connectivity index (χ0n) is 13.3. The number of pyridine rings is 1. The van der Waals surface area contributed by atoms with Crippen molar-refractivity contribution >= 4 is 0 Å². The van der Waals surface area contributed by atoms with E-state index in [0.717, 1.165) is 19.4 Å². The lowest BCUT2D eigenvalue weighted by atomic mass is 9.75. The quantitative estimate of drug-likeness (QED) is 0.865. The third kappa shape index (κ3) is 2.89. The number of likely N-dealkylation sites (N-methyl/N-ethyl adjacent to an activating group) is 1. The maximum atomic E-state index is 6.11. The van der Waals surface area contributed by atoms with Crippen LogP contribution in [0.4, 0.5) is 0 Å². The zero-order valence-corrected chi connectivity index (χ0v) is 13.3. The van der Waals surface area contributed by atoms with Gasteiger partial charge in [-0.1, -0.05) is 13.0 Å². The van der Waals surface area contributed by atoms with Gasteiger partial charge in [0.05, 0.1) is 5.60 Å². The Morgan fingerprint density at radius 3 is 2.95 bits per heavy atom. The Labute approximate surface area is 123 Å². The first-order valence-corrected chi connectivity index (χ1v) is 7.91. The molecule has 3 atom stereocenters. The molecule has 3 nitrogen and oxygen atoms in total. The fourth-order valence-corrected chi connectivity index (χ4v) is 3.64. The van der Waals surface area contributed by atoms with Gasteiger partial charge in [-0.3, -0.25) is 4.98 Å². The molecule has 0 radical (unpaired) electrons. The van der Waals surface area contributed by atoms with Gasteiger partial charge in [-0.05, 0) is 58.2 Å². The fraction of sp³-hybridized carbons (Fsp3) is 0.706. The van der Waals surface area contributed by atoms with Crippen LogP contribution in [0.1, 0.15) is 57.2 Å². The Kier molecular flexibility index (Phi) is 5.17. The summed E-state index contributed by atoms with van der Waals surface area (Å²) in [6, 6.07) is 4.59. The van der Waals surface area contributed by atoms with Crippen molar-refractivity contribution in [3.05, 3.63) is 29.6 Å². The van der Waals surface area contributed by atoms with Crippen molar-refractivity contribution in [2.75, 3.05) is 13.7 Å². The molecule has 0 fully saturated rings. The van der Waals surface area contributed by atoms with Crippen molar-refractivity contribution in [1.29, 1.82) is 0 Å². The predicted octanol–water partition coefficient (Wildman–Crippen LogP) is 3.29. The minimum atomic E-state index is -0.139. The maximum absolute atomic E-state index is 6.11. The van der Waals surface area contributed by atoms with Gasteiger partial charge in [0, 0.05) is 30.5 Å². The largest absolute Gasteiger partial charge is 0.374 e. The van der Waals surface area contributed by atoms with Gasteiger partial charge in [0.1, 0.15) is 0 Å². The molecule has 0 aromatic carbocycles. The normalized spacial score (nSPS) is 22.9. The molecule has 0 aliphatic heterocycles. The van der Waals surface area contributed by atoms with Crippen LogP contribution in [0.15, 0.2) is 18.3 Å². The van der Waals surface area contributed by atoms with Crippen molar-refractivity contribution in [1.82, 2.24) is 10.3 Å². The van der Waals surface area contributed by atoms with Crippen molar-refractivity contribution in [2.45, 2.75) is 64.0 Å². The molecular formula is C17H28N2O. The molecule has 2 rings (SSSR count). The highest BCUT2D eigenvalue weighted by molar-refractivity contribution is 5.28. The van der Waals surface area contributed by atoms with Gasteiger partial charge in [0.25, 0.3) is 0 Å². The standard InChI is InChI=1S/C17H28N2O/c1-5-17(3,20-6-2)16(18-4)14-11-7-9-13-10-8-12-19-15(13)14/h8,10,12,14,16,18H,5-7,9,11H2,1-4H3. The second-order valence-corrected chi connectivity index (χ2v) is 5.91. The van der Waals surface area contributed by atoms with Crippen LogP contribution >= 0.6 is 0 Å². The van der Waals surface area contributed by atoms with Crippen LogP contribution < -0.4 is 5.32 Å². The highest BCUT2D eigenvalue weighted by Gasteiger charge is 2.40. The smallest absolute Gasteiger partial charge is 0.0810 e. The van der Waals surface area contributed by atoms with E-state index >= 15 is 0 Å². The first-order chi connectivity index (χ1) is 9.66. The Morgan fingerprint density at radius 2 is 2.30 bits per heavy atom. The molecule has 20 heavy (non-hydrogen) atoms. The Balaban J connectivity index is 2.33. The van der Waals surface area contributed by atoms with E-state index in [2.05, 4.69) is 50.3 Å². The molecule has 1 N–H and O–H groups in total. The highest BCUT2D eigenvalue weighted by atomic mass is 16.5. The SMILES string of the molecule is CCOC(C)(CC)C(NC)C1CCCc2cccnc21. The second-order valence-electron chi connectivity index (χ2n) is 5.91. The topological polar surface area (TPSA) is 34.1 Å². The van der Waals surface area contributed by atoms with E-state index in [1.54, 1.807) is 0 Å². The van der Waals surface area contributed by atoms with E-state index in [0.29, 0.717) is 12.0 Å². The minimum Gasteiger partial charge on any atom is -0.374 e. The number of rotatable bonds is 6. The molecule has 0 spiro atoms. The van der Waals surface area contributed by atoms with Crippen molar-refractivity contribution in [3.8, 4) is 0 Å². The zero-order chi connectivity index (χ0) is 14.6. The second kappa shape index (κ2) is 6.68. The average molecular weight is 276 g/mol. The van der Waals surface area contributed by atoms with Gasteiger partial charge in [0.15, 0.2) is 0 Å². The Hall–Kier alpha value is -0.930. The molecular weight excluding hydrogens is 248 g/mol. The van der Waals surface area contributed by atoms with Crippen LogP contribution in [0.3, 0.4) is 0 Å². The molecule has 1 aromatic heterocycles. The van der Waals surface area contributed by atoms with Crippen LogP contribution in [-0.4, -0.2) is 30.3 Å². The van der Waals surface area contributed by atoms with Crippen LogP contribution in [0, 0.1) is 0 Å². The molecule has 0 saturated heterocycles. The molecule has 0 saturated carbocycles. The minimum absolute atomic E-state index is 0.139. The summed E-state index contributed by atoms with van der Waals surface area (Å²) in [6.45, 7) is 7.27. The number of hydrogen-bond acceptors (Lipinski definition) is 3. The van der Waals surface area contributed by atoms with Crippen LogP contribution in [0.2, 0.25) is 0 Å². The third-order valence-corrected chi connectivity index (χ3v) is 4.79. The number of fused-ring (bicyclic) bond motifs is 1. The summed E-state index contributed by atoms with van der Waals surface area (Å²) < 4.78 is 6.11. The highest BCUT2D eigenvalue weighted by Crippen LogP contribution is 2.38. The molecule has 1 heterocycles. The van der Waals surface area contributed by atoms with E-state index in [1.807, 2.05) is 6.20 Å². The number of aryl methyl sites for hydroxylation is 1. The van der Waals surface area contributed by atoms with Gasteiger partial charge >= 0.3 is 0 Å². The molecule has 1 aliphatic carbocycles. The summed E-state index contributed by atoms with van der Waals surface area (Å²) in [6.07, 6.45) is 6.53. The molecule has 112 valence electrons. The van der Waals surface area contributed by atoms with E-state index < -0.39 is 0 Å². The van der Waals surface area contributed by atoms with Gasteiger partial charge in [-0.2, -0.15) is 0 Å². The van der Waals surface area contributed by atoms with Crippen LogP contribution in [0.5, 0.6) is 0 Å². The molecule has 1 aromatic rings. The van der Waals surface area contributed by atoms with Crippen molar-refractivity contribution in [3.63, 3.8) is 0 Å². The summed E-state index contributed by atoms with van der Waals surface area (Å²) in [5, 5.41) is 3.52. The van der Waals surface area contributed by atoms with E-state index in [-0.39, 0.29) is 5.60 Å². The predicted molar refractivity (Wildman–Crippen MR) is 83.1 cm³/mol. The average Bonchev–Trinajstić information content (AvgIpc) is 2.48. The van der Waals surface area contributed by atoms with Crippen molar-refractivity contribution in [2.24, 2.45) is 0 Å². The number of aromatic nitrogens is 1. The van der Waals surface area contributed by atoms with Crippen LogP contribution in [-0.2, 0) is 11.2 Å². The first-order valence-electron chi connectivity index (χ1n) is 7.91. The van der Waals surface area contributed by atoms with E-state index in [4.69, 9.17) is 4.74 Å². The number of ether oxygens (including phenoxy) is 1. The first kappa shape index (κ1) is 15.5. The lowest BCUT2D eigenvalue weighted by Crippen LogP contribution is -2.53.